The van der Waals surface area contributed by atoms with Crippen LogP contribution < -0.4 is 5.73 Å². The monoisotopic (exact) mass is 153 g/mol. The highest BCUT2D eigenvalue weighted by Crippen LogP contribution is 2.24. The summed E-state index contributed by atoms with van der Waals surface area (Å²) in [7, 11) is 0. The van der Waals surface area contributed by atoms with Crippen molar-refractivity contribution < 1.29 is 0 Å². The predicted molar refractivity (Wildman–Crippen MR) is 49.4 cm³/mol. The first kappa shape index (κ1) is 8.79. The molecule has 1 aliphatic rings. The maximum atomic E-state index is 6.06. The molecule has 1 heteroatoms. The molecule has 2 N–H and O–H groups in total. The first-order valence-electron chi connectivity index (χ1n) is 4.70. The number of nitrogens with two attached hydrogens (primary N) is 1. The van der Waals surface area contributed by atoms with E-state index in [9.17, 15) is 0 Å². The number of hydrogen-bond donors (Lipinski definition) is 1. The molecular weight excluding hydrogens is 134 g/mol. The lowest BCUT2D eigenvalue weighted by atomic mass is 9.93. The molecule has 0 aliphatic heterocycles. The van der Waals surface area contributed by atoms with Crippen LogP contribution in [0.15, 0.2) is 11.6 Å². The summed E-state index contributed by atoms with van der Waals surface area (Å²) >= 11 is 0. The van der Waals surface area contributed by atoms with Gasteiger partial charge in [0.05, 0.1) is 0 Å². The van der Waals surface area contributed by atoms with Gasteiger partial charge in [-0.15, -0.1) is 0 Å². The van der Waals surface area contributed by atoms with Crippen molar-refractivity contribution in [3.05, 3.63) is 11.6 Å². The van der Waals surface area contributed by atoms with Crippen LogP contribution in [-0.2, 0) is 0 Å². The zero-order valence-electron chi connectivity index (χ0n) is 7.64. The molecule has 1 nitrogen and oxygen atoms in total. The molecule has 0 saturated heterocycles. The van der Waals surface area contributed by atoms with Crippen molar-refractivity contribution in [2.24, 2.45) is 11.7 Å². The summed E-state index contributed by atoms with van der Waals surface area (Å²) in [5.41, 5.74) is 7.56. The molecule has 0 aromatic carbocycles. The minimum Gasteiger partial charge on any atom is -0.324 e. The lowest BCUT2D eigenvalue weighted by Crippen LogP contribution is -2.29. The minimum atomic E-state index is 0.336. The van der Waals surface area contributed by atoms with Crippen molar-refractivity contribution in [2.45, 2.75) is 45.6 Å². The molecular formula is C10H19N. The Morgan fingerprint density at radius 3 is 2.82 bits per heavy atom. The van der Waals surface area contributed by atoms with E-state index < -0.39 is 0 Å². The molecule has 0 bridgehead atoms. The van der Waals surface area contributed by atoms with Gasteiger partial charge in [-0.1, -0.05) is 31.9 Å². The van der Waals surface area contributed by atoms with Crippen molar-refractivity contribution in [3.8, 4) is 0 Å². The third-order valence-corrected chi connectivity index (χ3v) is 2.76. The van der Waals surface area contributed by atoms with Crippen LogP contribution >= 0.6 is 0 Å². The van der Waals surface area contributed by atoms with E-state index in [-0.39, 0.29) is 0 Å². The second-order valence-electron chi connectivity index (χ2n) is 3.58. The highest BCUT2D eigenvalue weighted by molar-refractivity contribution is 5.15. The molecule has 2 atom stereocenters. The summed E-state index contributed by atoms with van der Waals surface area (Å²) in [5.74, 6) is 0.652. The summed E-state index contributed by atoms with van der Waals surface area (Å²) in [5, 5.41) is 0. The van der Waals surface area contributed by atoms with Gasteiger partial charge in [0.2, 0.25) is 0 Å². The van der Waals surface area contributed by atoms with Gasteiger partial charge in [0, 0.05) is 6.04 Å². The summed E-state index contributed by atoms with van der Waals surface area (Å²) in [6.45, 7) is 4.45. The van der Waals surface area contributed by atoms with Crippen LogP contribution in [0.5, 0.6) is 0 Å². The van der Waals surface area contributed by atoms with E-state index in [4.69, 9.17) is 5.73 Å². The lowest BCUT2D eigenvalue weighted by Gasteiger charge is -2.19. The Hall–Kier alpha value is -0.300. The number of allylic oxidation sites excluding steroid dienone is 1. The summed E-state index contributed by atoms with van der Waals surface area (Å²) in [6.07, 6.45) is 7.33. The molecule has 0 amide bonds. The first-order chi connectivity index (χ1) is 5.25. The second-order valence-corrected chi connectivity index (χ2v) is 3.58. The molecule has 0 radical (unpaired) electrons. The molecule has 2 unspecified atom stereocenters. The van der Waals surface area contributed by atoms with E-state index in [1.54, 1.807) is 0 Å². The number of hydrogen-bond acceptors (Lipinski definition) is 1. The molecule has 0 saturated carbocycles. The normalized spacial score (nSPS) is 23.0. The van der Waals surface area contributed by atoms with Crippen LogP contribution in [0.25, 0.3) is 0 Å². The average Bonchev–Trinajstić information content (AvgIpc) is 2.53. The first-order valence-corrected chi connectivity index (χ1v) is 4.70. The molecule has 0 heterocycles. The van der Waals surface area contributed by atoms with E-state index in [2.05, 4.69) is 19.9 Å². The van der Waals surface area contributed by atoms with E-state index in [1.165, 1.54) is 31.3 Å². The predicted octanol–water partition coefficient (Wildman–Crippen LogP) is 2.47. The van der Waals surface area contributed by atoms with Crippen LogP contribution in [0.3, 0.4) is 0 Å². The van der Waals surface area contributed by atoms with Gasteiger partial charge in [0.25, 0.3) is 0 Å². The van der Waals surface area contributed by atoms with Crippen LogP contribution in [0.4, 0.5) is 0 Å². The third-order valence-electron chi connectivity index (χ3n) is 2.76. The molecule has 64 valence electrons. The largest absolute Gasteiger partial charge is 0.324 e. The highest BCUT2D eigenvalue weighted by atomic mass is 14.7. The summed E-state index contributed by atoms with van der Waals surface area (Å²) in [4.78, 5) is 0. The van der Waals surface area contributed by atoms with E-state index in [0.29, 0.717) is 12.0 Å². The Morgan fingerprint density at radius 2 is 2.36 bits per heavy atom. The zero-order valence-corrected chi connectivity index (χ0v) is 7.64. The van der Waals surface area contributed by atoms with Crippen molar-refractivity contribution in [2.75, 3.05) is 0 Å². The topological polar surface area (TPSA) is 26.0 Å². The van der Waals surface area contributed by atoms with Gasteiger partial charge in [-0.05, 0) is 25.2 Å². The van der Waals surface area contributed by atoms with E-state index >= 15 is 0 Å². The van der Waals surface area contributed by atoms with Crippen LogP contribution in [-0.4, -0.2) is 6.04 Å². The molecule has 0 aromatic heterocycles. The van der Waals surface area contributed by atoms with Crippen molar-refractivity contribution in [3.63, 3.8) is 0 Å². The quantitative estimate of drug-likeness (QED) is 0.619. The molecule has 1 aliphatic carbocycles. The van der Waals surface area contributed by atoms with Gasteiger partial charge in [-0.3, -0.25) is 0 Å². The highest BCUT2D eigenvalue weighted by Gasteiger charge is 2.17. The van der Waals surface area contributed by atoms with Crippen molar-refractivity contribution in [1.82, 2.24) is 0 Å². The van der Waals surface area contributed by atoms with Gasteiger partial charge < -0.3 is 5.73 Å². The number of rotatable bonds is 3. The Balaban J connectivity index is 2.45. The Morgan fingerprint density at radius 1 is 1.64 bits per heavy atom. The van der Waals surface area contributed by atoms with Crippen LogP contribution in [0.1, 0.15) is 39.5 Å². The fourth-order valence-electron chi connectivity index (χ4n) is 1.62. The smallest absolute Gasteiger partial charge is 0.0279 e. The molecule has 0 aromatic rings. The fraction of sp³-hybridized carbons (Fsp3) is 0.800. The lowest BCUT2D eigenvalue weighted by molar-refractivity contribution is 0.480. The van der Waals surface area contributed by atoms with Crippen molar-refractivity contribution >= 4 is 0 Å². The second kappa shape index (κ2) is 3.91. The maximum Gasteiger partial charge on any atom is 0.0279 e. The Kier molecular flexibility index (Phi) is 3.13. The molecule has 11 heavy (non-hydrogen) atoms. The molecule has 0 spiro atoms. The van der Waals surface area contributed by atoms with Gasteiger partial charge in [0.15, 0.2) is 0 Å². The van der Waals surface area contributed by atoms with Crippen molar-refractivity contribution in [1.29, 1.82) is 0 Å². The van der Waals surface area contributed by atoms with Gasteiger partial charge in [-0.2, -0.15) is 0 Å². The summed E-state index contributed by atoms with van der Waals surface area (Å²) in [6, 6.07) is 0.336. The van der Waals surface area contributed by atoms with Gasteiger partial charge >= 0.3 is 0 Å². The summed E-state index contributed by atoms with van der Waals surface area (Å²) < 4.78 is 0. The fourth-order valence-corrected chi connectivity index (χ4v) is 1.62. The maximum absolute atomic E-state index is 6.06. The standard InChI is InChI=1S/C10H19N/c1-3-8(2)10(11)9-6-4-5-7-9/h6,8,10H,3-5,7,11H2,1-2H3. The van der Waals surface area contributed by atoms with Gasteiger partial charge in [0.1, 0.15) is 0 Å². The Labute approximate surface area is 69.7 Å². The zero-order chi connectivity index (χ0) is 8.27. The Bertz CT molecular complexity index is 149. The SMILES string of the molecule is CCC(C)C(N)C1=CCCC1. The van der Waals surface area contributed by atoms with Crippen LogP contribution in [0.2, 0.25) is 0 Å². The van der Waals surface area contributed by atoms with E-state index in [1.807, 2.05) is 0 Å². The minimum absolute atomic E-state index is 0.336. The molecule has 0 fully saturated rings. The van der Waals surface area contributed by atoms with E-state index in [0.717, 1.165) is 0 Å². The molecule has 1 rings (SSSR count). The average molecular weight is 153 g/mol. The van der Waals surface area contributed by atoms with Crippen LogP contribution in [0, 0.1) is 5.92 Å². The third kappa shape index (κ3) is 2.06. The van der Waals surface area contributed by atoms with Gasteiger partial charge in [-0.25, -0.2) is 0 Å².